The Morgan fingerprint density at radius 2 is 2.00 bits per heavy atom. The molecule has 0 saturated carbocycles. The first kappa shape index (κ1) is 15.8. The van der Waals surface area contributed by atoms with Crippen LogP contribution in [0.2, 0.25) is 0 Å². The Balaban J connectivity index is 2.02. The lowest BCUT2D eigenvalue weighted by molar-refractivity contribution is -0.137. The van der Waals surface area contributed by atoms with Crippen LogP contribution in [-0.4, -0.2) is 16.0 Å². The van der Waals surface area contributed by atoms with Crippen LogP contribution >= 0.6 is 0 Å². The SMILES string of the molecule is O=C(CCc1ccccn1)Nc1cc(C(F)(F)F)ccc1O. The van der Waals surface area contributed by atoms with Gasteiger partial charge in [0, 0.05) is 18.3 Å². The summed E-state index contributed by atoms with van der Waals surface area (Å²) in [6, 6.07) is 7.61. The van der Waals surface area contributed by atoms with Crippen molar-refractivity contribution in [2.75, 3.05) is 5.32 Å². The lowest BCUT2D eigenvalue weighted by atomic mass is 10.1. The van der Waals surface area contributed by atoms with E-state index in [9.17, 15) is 23.1 Å². The molecule has 1 aromatic heterocycles. The van der Waals surface area contributed by atoms with E-state index < -0.39 is 23.4 Å². The number of halogens is 3. The highest BCUT2D eigenvalue weighted by Crippen LogP contribution is 2.34. The van der Waals surface area contributed by atoms with Crippen molar-refractivity contribution in [3.63, 3.8) is 0 Å². The van der Waals surface area contributed by atoms with E-state index in [-0.39, 0.29) is 12.1 Å². The largest absolute Gasteiger partial charge is 0.506 e. The molecule has 22 heavy (non-hydrogen) atoms. The van der Waals surface area contributed by atoms with Crippen LogP contribution in [0.4, 0.5) is 18.9 Å². The van der Waals surface area contributed by atoms with Gasteiger partial charge in [0.05, 0.1) is 11.3 Å². The van der Waals surface area contributed by atoms with Crippen molar-refractivity contribution < 1.29 is 23.1 Å². The molecule has 0 spiro atoms. The standard InChI is InChI=1S/C15H13F3N2O2/c16-15(17,18)10-4-6-13(21)12(9-10)20-14(22)7-5-11-3-1-2-8-19-11/h1-4,6,8-9,21H,5,7H2,(H,20,22). The average Bonchev–Trinajstić information content (AvgIpc) is 2.47. The second kappa shape index (κ2) is 6.46. The number of aromatic nitrogens is 1. The predicted molar refractivity (Wildman–Crippen MR) is 74.3 cm³/mol. The topological polar surface area (TPSA) is 62.2 Å². The van der Waals surface area contributed by atoms with Crippen LogP contribution in [0.3, 0.4) is 0 Å². The summed E-state index contributed by atoms with van der Waals surface area (Å²) in [4.78, 5) is 15.8. The van der Waals surface area contributed by atoms with Gasteiger partial charge >= 0.3 is 6.18 Å². The molecular formula is C15H13F3N2O2. The second-order valence-corrected chi connectivity index (χ2v) is 4.60. The maximum Gasteiger partial charge on any atom is 0.416 e. The number of aromatic hydroxyl groups is 1. The molecule has 1 aromatic carbocycles. The smallest absolute Gasteiger partial charge is 0.416 e. The fourth-order valence-corrected chi connectivity index (χ4v) is 1.81. The molecule has 0 bridgehead atoms. The highest BCUT2D eigenvalue weighted by Gasteiger charge is 2.31. The minimum Gasteiger partial charge on any atom is -0.506 e. The lowest BCUT2D eigenvalue weighted by Crippen LogP contribution is -2.14. The summed E-state index contributed by atoms with van der Waals surface area (Å²) in [5.41, 5.74) is -0.503. The van der Waals surface area contributed by atoms with E-state index in [1.165, 1.54) is 0 Å². The Hall–Kier alpha value is -2.57. The van der Waals surface area contributed by atoms with Crippen LogP contribution in [0, 0.1) is 0 Å². The Morgan fingerprint density at radius 3 is 2.64 bits per heavy atom. The summed E-state index contributed by atoms with van der Waals surface area (Å²) in [6.45, 7) is 0. The molecule has 4 nitrogen and oxygen atoms in total. The van der Waals surface area contributed by atoms with Crippen molar-refractivity contribution in [3.05, 3.63) is 53.9 Å². The molecule has 2 aromatic rings. The van der Waals surface area contributed by atoms with Gasteiger partial charge in [0.15, 0.2) is 0 Å². The zero-order chi connectivity index (χ0) is 16.2. The molecule has 0 radical (unpaired) electrons. The minimum atomic E-state index is -4.54. The first-order valence-corrected chi connectivity index (χ1v) is 6.46. The maximum atomic E-state index is 12.6. The van der Waals surface area contributed by atoms with Gasteiger partial charge in [-0.25, -0.2) is 0 Å². The number of aryl methyl sites for hydroxylation is 1. The Morgan fingerprint density at radius 1 is 1.23 bits per heavy atom. The second-order valence-electron chi connectivity index (χ2n) is 4.60. The number of carbonyl (C=O) groups excluding carboxylic acids is 1. The van der Waals surface area contributed by atoms with E-state index in [1.807, 2.05) is 0 Å². The van der Waals surface area contributed by atoms with Gasteiger partial charge in [-0.05, 0) is 36.8 Å². The Bertz CT molecular complexity index is 658. The molecule has 0 aliphatic heterocycles. The number of nitrogens with one attached hydrogen (secondary N) is 1. The number of nitrogens with zero attached hydrogens (tertiary/aromatic N) is 1. The Labute approximate surface area is 124 Å². The molecule has 0 saturated heterocycles. The van der Waals surface area contributed by atoms with Gasteiger partial charge in [0.1, 0.15) is 5.75 Å². The summed E-state index contributed by atoms with van der Waals surface area (Å²) >= 11 is 0. The number of carbonyl (C=O) groups is 1. The molecule has 7 heteroatoms. The van der Waals surface area contributed by atoms with Crippen molar-refractivity contribution in [1.29, 1.82) is 0 Å². The third kappa shape index (κ3) is 4.21. The number of anilines is 1. The molecule has 116 valence electrons. The van der Waals surface area contributed by atoms with Crippen LogP contribution in [0.1, 0.15) is 17.7 Å². The summed E-state index contributed by atoms with van der Waals surface area (Å²) in [7, 11) is 0. The number of hydrogen-bond acceptors (Lipinski definition) is 3. The van der Waals surface area contributed by atoms with Crippen LogP contribution in [-0.2, 0) is 17.4 Å². The van der Waals surface area contributed by atoms with Crippen molar-refractivity contribution in [3.8, 4) is 5.75 Å². The molecule has 2 N–H and O–H groups in total. The number of benzene rings is 1. The zero-order valence-corrected chi connectivity index (χ0v) is 11.4. The first-order valence-electron chi connectivity index (χ1n) is 6.46. The van der Waals surface area contributed by atoms with E-state index in [0.29, 0.717) is 18.2 Å². The van der Waals surface area contributed by atoms with Crippen LogP contribution < -0.4 is 5.32 Å². The van der Waals surface area contributed by atoms with Gasteiger partial charge in [0.25, 0.3) is 0 Å². The first-order chi connectivity index (χ1) is 10.4. The van der Waals surface area contributed by atoms with E-state index >= 15 is 0 Å². The monoisotopic (exact) mass is 310 g/mol. The van der Waals surface area contributed by atoms with Crippen LogP contribution in [0.5, 0.6) is 5.75 Å². The summed E-state index contributed by atoms with van der Waals surface area (Å²) in [5.74, 6) is -0.917. The van der Waals surface area contributed by atoms with E-state index in [0.717, 1.165) is 12.1 Å². The molecule has 2 rings (SSSR count). The highest BCUT2D eigenvalue weighted by molar-refractivity contribution is 5.92. The van der Waals surface area contributed by atoms with E-state index in [2.05, 4.69) is 10.3 Å². The van der Waals surface area contributed by atoms with Gasteiger partial charge in [0.2, 0.25) is 5.91 Å². The maximum absolute atomic E-state index is 12.6. The zero-order valence-electron chi connectivity index (χ0n) is 11.4. The van der Waals surface area contributed by atoms with E-state index in [1.54, 1.807) is 24.4 Å². The van der Waals surface area contributed by atoms with Crippen molar-refractivity contribution >= 4 is 11.6 Å². The number of phenolic OH excluding ortho intramolecular Hbond substituents is 1. The van der Waals surface area contributed by atoms with Gasteiger partial charge in [-0.2, -0.15) is 13.2 Å². The normalized spacial score (nSPS) is 11.2. The molecule has 0 unspecified atom stereocenters. The molecule has 1 amide bonds. The highest BCUT2D eigenvalue weighted by atomic mass is 19.4. The number of amides is 1. The number of phenols is 1. The third-order valence-electron chi connectivity index (χ3n) is 2.93. The van der Waals surface area contributed by atoms with Crippen molar-refractivity contribution in [2.45, 2.75) is 19.0 Å². The van der Waals surface area contributed by atoms with Gasteiger partial charge < -0.3 is 10.4 Å². The number of pyridine rings is 1. The number of alkyl halides is 3. The average molecular weight is 310 g/mol. The Kier molecular flexibility index (Phi) is 4.65. The molecule has 0 aliphatic carbocycles. The van der Waals surface area contributed by atoms with E-state index in [4.69, 9.17) is 0 Å². The molecule has 0 atom stereocenters. The van der Waals surface area contributed by atoms with Crippen LogP contribution in [0.25, 0.3) is 0 Å². The molecule has 0 fully saturated rings. The lowest BCUT2D eigenvalue weighted by Gasteiger charge is -2.11. The van der Waals surface area contributed by atoms with Crippen molar-refractivity contribution in [2.24, 2.45) is 0 Å². The number of rotatable bonds is 4. The predicted octanol–water partition coefficient (Wildman–Crippen LogP) is 3.38. The summed E-state index contributed by atoms with van der Waals surface area (Å²) in [6.07, 6.45) is -2.55. The molecule has 1 heterocycles. The van der Waals surface area contributed by atoms with Gasteiger partial charge in [-0.1, -0.05) is 6.07 Å². The molecular weight excluding hydrogens is 297 g/mol. The van der Waals surface area contributed by atoms with Crippen molar-refractivity contribution in [1.82, 2.24) is 4.98 Å². The summed E-state index contributed by atoms with van der Waals surface area (Å²) < 4.78 is 37.8. The summed E-state index contributed by atoms with van der Waals surface area (Å²) in [5, 5.41) is 11.8. The van der Waals surface area contributed by atoms with Gasteiger partial charge in [-0.3, -0.25) is 9.78 Å². The van der Waals surface area contributed by atoms with Crippen LogP contribution in [0.15, 0.2) is 42.6 Å². The fourth-order valence-electron chi connectivity index (χ4n) is 1.81. The fraction of sp³-hybridized carbons (Fsp3) is 0.200. The quantitative estimate of drug-likeness (QED) is 0.851. The molecule has 0 aliphatic rings. The van der Waals surface area contributed by atoms with Gasteiger partial charge in [-0.15, -0.1) is 0 Å². The number of hydrogen-bond donors (Lipinski definition) is 2. The third-order valence-corrected chi connectivity index (χ3v) is 2.93. The minimum absolute atomic E-state index is 0.0483.